The quantitative estimate of drug-likeness (QED) is 0.818. The number of benzene rings is 1. The van der Waals surface area contributed by atoms with Crippen molar-refractivity contribution in [3.8, 4) is 0 Å². The van der Waals surface area contributed by atoms with Gasteiger partial charge in [0, 0.05) is 13.1 Å². The Balaban J connectivity index is 2.02. The highest BCUT2D eigenvalue weighted by molar-refractivity contribution is 5.24. The zero-order valence-corrected chi connectivity index (χ0v) is 11.4. The predicted molar refractivity (Wildman–Crippen MR) is 74.3 cm³/mol. The van der Waals surface area contributed by atoms with Crippen molar-refractivity contribution in [2.24, 2.45) is 11.3 Å². The maximum Gasteiger partial charge on any atom is 0.00235 e. The second-order valence-corrected chi connectivity index (χ2v) is 6.05. The summed E-state index contributed by atoms with van der Waals surface area (Å²) in [5.41, 5.74) is 3.48. The molecule has 0 aliphatic carbocycles. The Morgan fingerprint density at radius 1 is 1.12 bits per heavy atom. The Morgan fingerprint density at radius 3 is 2.12 bits per heavy atom. The lowest BCUT2D eigenvalue weighted by Gasteiger charge is -2.44. The third-order valence-corrected chi connectivity index (χ3v) is 3.85. The van der Waals surface area contributed by atoms with E-state index in [-0.39, 0.29) is 0 Å². The summed E-state index contributed by atoms with van der Waals surface area (Å²) in [6, 6.07) is 9.20. The SMILES string of the molecule is CCc1ccc(CC2(CC(C)C)CNC2)cc1. The summed E-state index contributed by atoms with van der Waals surface area (Å²) < 4.78 is 0. The molecule has 1 heterocycles. The molecule has 2 rings (SSSR count). The maximum absolute atomic E-state index is 3.45. The van der Waals surface area contributed by atoms with Crippen LogP contribution < -0.4 is 5.32 Å². The van der Waals surface area contributed by atoms with E-state index < -0.39 is 0 Å². The van der Waals surface area contributed by atoms with Crippen molar-refractivity contribution < 1.29 is 0 Å². The van der Waals surface area contributed by atoms with E-state index in [9.17, 15) is 0 Å². The second-order valence-electron chi connectivity index (χ2n) is 6.05. The van der Waals surface area contributed by atoms with E-state index in [4.69, 9.17) is 0 Å². The molecule has 1 aliphatic rings. The van der Waals surface area contributed by atoms with E-state index >= 15 is 0 Å². The molecule has 0 bridgehead atoms. The molecular weight excluding hydrogens is 206 g/mol. The summed E-state index contributed by atoms with van der Waals surface area (Å²) in [6.07, 6.45) is 3.72. The van der Waals surface area contributed by atoms with Crippen molar-refractivity contribution in [1.82, 2.24) is 5.32 Å². The number of aryl methyl sites for hydroxylation is 1. The third kappa shape index (κ3) is 3.10. The molecule has 1 N–H and O–H groups in total. The van der Waals surface area contributed by atoms with Crippen LogP contribution in [-0.4, -0.2) is 13.1 Å². The van der Waals surface area contributed by atoms with Gasteiger partial charge in [-0.25, -0.2) is 0 Å². The van der Waals surface area contributed by atoms with E-state index in [1.54, 1.807) is 0 Å². The topological polar surface area (TPSA) is 12.0 Å². The van der Waals surface area contributed by atoms with Gasteiger partial charge in [0.2, 0.25) is 0 Å². The van der Waals surface area contributed by atoms with Gasteiger partial charge in [-0.3, -0.25) is 0 Å². The molecule has 0 spiro atoms. The van der Waals surface area contributed by atoms with Crippen LogP contribution in [0.5, 0.6) is 0 Å². The largest absolute Gasteiger partial charge is 0.316 e. The summed E-state index contributed by atoms with van der Waals surface area (Å²) in [5, 5.41) is 3.45. The monoisotopic (exact) mass is 231 g/mol. The molecular formula is C16H25N. The summed E-state index contributed by atoms with van der Waals surface area (Å²) in [5.74, 6) is 0.798. The summed E-state index contributed by atoms with van der Waals surface area (Å²) >= 11 is 0. The molecule has 1 aromatic rings. The first-order chi connectivity index (χ1) is 8.13. The Bertz CT molecular complexity index is 346. The molecule has 0 radical (unpaired) electrons. The molecule has 1 nitrogen and oxygen atoms in total. The van der Waals surface area contributed by atoms with Crippen LogP contribution in [-0.2, 0) is 12.8 Å². The van der Waals surface area contributed by atoms with Crippen LogP contribution in [0.1, 0.15) is 38.3 Å². The molecule has 94 valence electrons. The van der Waals surface area contributed by atoms with Crippen LogP contribution in [0, 0.1) is 11.3 Å². The summed E-state index contributed by atoms with van der Waals surface area (Å²) in [4.78, 5) is 0. The highest BCUT2D eigenvalue weighted by atomic mass is 15.0. The third-order valence-electron chi connectivity index (χ3n) is 3.85. The zero-order valence-electron chi connectivity index (χ0n) is 11.4. The molecule has 1 saturated heterocycles. The fraction of sp³-hybridized carbons (Fsp3) is 0.625. The Labute approximate surface area is 106 Å². The van der Waals surface area contributed by atoms with Gasteiger partial charge in [-0.1, -0.05) is 45.0 Å². The molecule has 0 atom stereocenters. The summed E-state index contributed by atoms with van der Waals surface area (Å²) in [7, 11) is 0. The van der Waals surface area contributed by atoms with Crippen molar-refractivity contribution in [3.05, 3.63) is 35.4 Å². The molecule has 1 aliphatic heterocycles. The Kier molecular flexibility index (Phi) is 3.88. The predicted octanol–water partition coefficient (Wildman–Crippen LogP) is 3.43. The molecule has 0 amide bonds. The number of hydrogen-bond acceptors (Lipinski definition) is 1. The van der Waals surface area contributed by atoms with Gasteiger partial charge >= 0.3 is 0 Å². The lowest BCUT2D eigenvalue weighted by molar-refractivity contribution is 0.131. The van der Waals surface area contributed by atoms with Crippen molar-refractivity contribution in [2.75, 3.05) is 13.1 Å². The first-order valence-electron chi connectivity index (χ1n) is 6.92. The van der Waals surface area contributed by atoms with Crippen LogP contribution in [0.15, 0.2) is 24.3 Å². The first kappa shape index (κ1) is 12.6. The minimum atomic E-state index is 0.530. The standard InChI is InChI=1S/C16H25N/c1-4-14-5-7-15(8-6-14)10-16(9-13(2)3)11-17-12-16/h5-8,13,17H,4,9-12H2,1-3H3. The number of nitrogens with one attached hydrogen (secondary N) is 1. The van der Waals surface area contributed by atoms with Gasteiger partial charge in [-0.15, -0.1) is 0 Å². The fourth-order valence-electron chi connectivity index (χ4n) is 3.01. The molecule has 0 unspecified atom stereocenters. The Hall–Kier alpha value is -0.820. The van der Waals surface area contributed by atoms with E-state index in [1.165, 1.54) is 37.1 Å². The molecule has 1 aromatic carbocycles. The first-order valence-corrected chi connectivity index (χ1v) is 6.92. The van der Waals surface area contributed by atoms with Crippen LogP contribution >= 0.6 is 0 Å². The van der Waals surface area contributed by atoms with Crippen LogP contribution in [0.4, 0.5) is 0 Å². The highest BCUT2D eigenvalue weighted by Crippen LogP contribution is 2.34. The lowest BCUT2D eigenvalue weighted by atomic mass is 9.71. The second kappa shape index (κ2) is 5.22. The minimum Gasteiger partial charge on any atom is -0.316 e. The average Bonchev–Trinajstić information content (AvgIpc) is 2.26. The van der Waals surface area contributed by atoms with Crippen LogP contribution in [0.25, 0.3) is 0 Å². The van der Waals surface area contributed by atoms with Crippen LogP contribution in [0.3, 0.4) is 0 Å². The molecule has 0 aromatic heterocycles. The minimum absolute atomic E-state index is 0.530. The number of rotatable bonds is 5. The van der Waals surface area contributed by atoms with Gasteiger partial charge in [0.1, 0.15) is 0 Å². The Morgan fingerprint density at radius 2 is 1.71 bits per heavy atom. The average molecular weight is 231 g/mol. The normalized spacial score (nSPS) is 18.1. The van der Waals surface area contributed by atoms with E-state index in [0.717, 1.165) is 12.3 Å². The fourth-order valence-corrected chi connectivity index (χ4v) is 3.01. The van der Waals surface area contributed by atoms with Gasteiger partial charge < -0.3 is 5.32 Å². The molecule has 1 fully saturated rings. The van der Waals surface area contributed by atoms with Crippen molar-refractivity contribution in [2.45, 2.75) is 40.0 Å². The van der Waals surface area contributed by atoms with Gasteiger partial charge in [-0.2, -0.15) is 0 Å². The van der Waals surface area contributed by atoms with Crippen molar-refractivity contribution in [3.63, 3.8) is 0 Å². The van der Waals surface area contributed by atoms with Crippen molar-refractivity contribution in [1.29, 1.82) is 0 Å². The van der Waals surface area contributed by atoms with E-state index in [1.807, 2.05) is 0 Å². The van der Waals surface area contributed by atoms with Gasteiger partial charge in [0.15, 0.2) is 0 Å². The molecule has 1 heteroatoms. The van der Waals surface area contributed by atoms with Crippen LogP contribution in [0.2, 0.25) is 0 Å². The van der Waals surface area contributed by atoms with Gasteiger partial charge in [-0.05, 0) is 41.7 Å². The van der Waals surface area contributed by atoms with Crippen molar-refractivity contribution >= 4 is 0 Å². The molecule has 17 heavy (non-hydrogen) atoms. The maximum atomic E-state index is 3.45. The number of hydrogen-bond donors (Lipinski definition) is 1. The highest BCUT2D eigenvalue weighted by Gasteiger charge is 2.37. The molecule has 0 saturated carbocycles. The lowest BCUT2D eigenvalue weighted by Crippen LogP contribution is -2.55. The zero-order chi connectivity index (χ0) is 12.3. The smallest absolute Gasteiger partial charge is 0.00235 e. The van der Waals surface area contributed by atoms with Gasteiger partial charge in [0.25, 0.3) is 0 Å². The van der Waals surface area contributed by atoms with E-state index in [0.29, 0.717) is 5.41 Å². The van der Waals surface area contributed by atoms with Gasteiger partial charge in [0.05, 0.1) is 0 Å². The summed E-state index contributed by atoms with van der Waals surface area (Å²) in [6.45, 7) is 9.27. The van der Waals surface area contributed by atoms with E-state index in [2.05, 4.69) is 50.4 Å².